The molecule has 6 N–H and O–H groups in total. The highest BCUT2D eigenvalue weighted by Gasteiger charge is 2.34. The molecule has 10 aromatic rings. The molecule has 1 aliphatic heterocycles. The Kier molecular flexibility index (Phi) is 28.3. The molecule has 0 aromatic heterocycles. The van der Waals surface area contributed by atoms with Crippen LogP contribution in [0.3, 0.4) is 0 Å². The Labute approximate surface area is 801 Å². The number of ether oxygens (including phenoxy) is 4. The lowest BCUT2D eigenvalue weighted by Gasteiger charge is -2.28. The summed E-state index contributed by atoms with van der Waals surface area (Å²) in [5.74, 6) is 3.45. The molecule has 0 saturated carbocycles. The van der Waals surface area contributed by atoms with E-state index in [1.165, 1.54) is 0 Å². The summed E-state index contributed by atoms with van der Waals surface area (Å²) in [7, 11) is 0. The first-order valence-corrected chi connectivity index (χ1v) is 48.5. The molecule has 0 atom stereocenters. The topological polar surface area (TPSA) is 208 Å². The van der Waals surface area contributed by atoms with Crippen molar-refractivity contribution in [3.05, 3.63) is 288 Å². The summed E-state index contributed by atoms with van der Waals surface area (Å²) in [6, 6.07) is 43.1. The molecule has 0 spiro atoms. The monoisotopic (exact) mass is 1810 g/mol. The molecule has 10 aromatic carbocycles. The summed E-state index contributed by atoms with van der Waals surface area (Å²) >= 11 is 0. The highest BCUT2D eigenvalue weighted by atomic mass is 16.5. The number of phenols is 6. The lowest BCUT2D eigenvalue weighted by molar-refractivity contribution is 0.322. The molecule has 0 saturated heterocycles. The zero-order chi connectivity index (χ0) is 98.0. The first-order chi connectivity index (χ1) is 62.1. The van der Waals surface area contributed by atoms with Crippen LogP contribution in [0.4, 0.5) is 0 Å². The minimum absolute atomic E-state index is 0.0313. The van der Waals surface area contributed by atoms with Crippen molar-refractivity contribution in [2.24, 2.45) is 20.0 Å². The molecule has 0 amide bonds. The number of fused-ring (bicyclic) bond motifs is 8. The Bertz CT molecular complexity index is 5300. The van der Waals surface area contributed by atoms with Gasteiger partial charge >= 0.3 is 0 Å². The molecule has 14 nitrogen and oxygen atoms in total. The fourth-order valence-electron chi connectivity index (χ4n) is 18.1. The van der Waals surface area contributed by atoms with E-state index in [4.69, 9.17) is 38.9 Å². The molecule has 712 valence electrons. The van der Waals surface area contributed by atoms with Crippen LogP contribution in [0.25, 0.3) is 0 Å². The second kappa shape index (κ2) is 37.9. The Balaban J connectivity index is 0.997. The number of hydrogen-bond donors (Lipinski definition) is 6. The van der Waals surface area contributed by atoms with Crippen molar-refractivity contribution in [2.45, 2.75) is 313 Å². The van der Waals surface area contributed by atoms with Crippen molar-refractivity contribution in [3.63, 3.8) is 0 Å². The van der Waals surface area contributed by atoms with Gasteiger partial charge in [-0.05, 0) is 223 Å². The molecule has 0 unspecified atom stereocenters. The van der Waals surface area contributed by atoms with Crippen LogP contribution >= 0.6 is 0 Å². The van der Waals surface area contributed by atoms with Crippen molar-refractivity contribution in [3.8, 4) is 57.5 Å². The Morgan fingerprint density at radius 3 is 0.418 bits per heavy atom. The number of phenolic OH excluding ortho intramolecular Hbond substituents is 6. The molecule has 1 heterocycles. The van der Waals surface area contributed by atoms with Gasteiger partial charge in [-0.25, -0.2) is 0 Å². The van der Waals surface area contributed by atoms with Gasteiger partial charge in [0.2, 0.25) is 0 Å². The van der Waals surface area contributed by atoms with Gasteiger partial charge in [-0.2, -0.15) is 0 Å². The lowest BCUT2D eigenvalue weighted by atomic mass is 9.79. The van der Waals surface area contributed by atoms with Crippen molar-refractivity contribution in [1.29, 1.82) is 0 Å². The van der Waals surface area contributed by atoms with Crippen LogP contribution in [0.2, 0.25) is 0 Å². The zero-order valence-corrected chi connectivity index (χ0v) is 86.3. The van der Waals surface area contributed by atoms with Crippen LogP contribution < -0.4 is 18.9 Å². The molecule has 0 fully saturated rings. The van der Waals surface area contributed by atoms with Crippen LogP contribution in [0.15, 0.2) is 141 Å². The molecule has 13 rings (SSSR count). The standard InChI is InChI=1S/C120H152N4O10/c1-111(2,3)91-47-71-39-79-55-95(115(13,14)15)57-81-41-73-49-92(112(4,5)6)50-74(102(73)126)42-82-58-96(116(16,17)18)56-80(40-72(48-91)101(71)125)108(82)132-36-32-122-68-88-64-100(120(28,29)30)66-90(106(88)130)70-124-34-38-134-110-84-44-76-52-93(113(7,8)9)51-75(103(76)127)43-83-59-97(117(19,20)21)61-85(45-77-53-94(114(10,11)12)54-78(104(77)128)46-86(110)62-98(60-84)118(22,23)24)109(83)133-37-33-123-69-89-65-99(119(25,26)27)63-87(105(89)129)67-121-31-35-131-107(79)81/h47-70,125-130H,31-46H2,1-30H3. The summed E-state index contributed by atoms with van der Waals surface area (Å²) in [4.78, 5) is 20.2. The maximum Gasteiger partial charge on any atom is 0.133 e. The van der Waals surface area contributed by atoms with Crippen LogP contribution in [-0.4, -0.2) is 108 Å². The third kappa shape index (κ3) is 23.3. The molecule has 134 heavy (non-hydrogen) atoms. The quantitative estimate of drug-likeness (QED) is 0.0847. The smallest absolute Gasteiger partial charge is 0.133 e. The Morgan fingerprint density at radius 1 is 0.172 bits per heavy atom. The summed E-state index contributed by atoms with van der Waals surface area (Å²) < 4.78 is 29.0. The van der Waals surface area contributed by atoms with Crippen LogP contribution in [0, 0.1) is 0 Å². The largest absolute Gasteiger partial charge is 0.507 e. The second-order valence-electron chi connectivity index (χ2n) is 48.5. The van der Waals surface area contributed by atoms with Gasteiger partial charge in [0.05, 0.1) is 26.2 Å². The van der Waals surface area contributed by atoms with Crippen LogP contribution in [0.5, 0.6) is 57.5 Å². The SMILES string of the molecule is CC(C)(C)c1cc2c(O)c(c1)C=NCCOc1c3cc(C(C)(C)C)cc1Cc1cc(C(C)(C)C)cc(c1O)Cc1cc(C(C)(C)C)cc(c1OCCN=Cc1cc(C(C)(C)C)cc(c1O)C=NCCOc1c4cc(C(C)(C)C)cc1Cc1cc(C(C)(C)C)cc(c1O)Cc1cc(C(C)(C)C)cc(c1OCCN=C2)Cc1cc(C(C)(C)C)cc(c1O)C4)Cc1cc(C(C)(C)C)cc(c1O)C3. The Hall–Kier alpha value is -11.1. The molecule has 3 aliphatic rings. The third-order valence-corrected chi connectivity index (χ3v) is 26.9. The van der Waals surface area contributed by atoms with Gasteiger partial charge in [0.1, 0.15) is 83.9 Å². The lowest BCUT2D eigenvalue weighted by Crippen LogP contribution is -2.17. The first-order valence-electron chi connectivity index (χ1n) is 48.5. The van der Waals surface area contributed by atoms with E-state index >= 15 is 0 Å². The molecular formula is C120H152N4O10. The average Bonchev–Trinajstić information content (AvgIpc) is 0.755. The predicted molar refractivity (Wildman–Crippen MR) is 556 cm³/mol. The van der Waals surface area contributed by atoms with Crippen molar-refractivity contribution in [1.82, 2.24) is 0 Å². The molecule has 14 heteroatoms. The third-order valence-electron chi connectivity index (χ3n) is 26.9. The van der Waals surface area contributed by atoms with Gasteiger partial charge in [0, 0.05) is 98.5 Å². The maximum absolute atomic E-state index is 13.3. The van der Waals surface area contributed by atoms with E-state index in [-0.39, 0.29) is 141 Å². The van der Waals surface area contributed by atoms with Gasteiger partial charge < -0.3 is 49.6 Å². The highest BCUT2D eigenvalue weighted by Crippen LogP contribution is 2.49. The highest BCUT2D eigenvalue weighted by molar-refractivity contribution is 5.93. The zero-order valence-electron chi connectivity index (χ0n) is 86.3. The molecule has 24 bridgehead atoms. The van der Waals surface area contributed by atoms with E-state index in [0.717, 1.165) is 145 Å². The molecule has 0 radical (unpaired) electrons. The fourth-order valence-corrected chi connectivity index (χ4v) is 18.1. The molecular weight excluding hydrogens is 1660 g/mol. The minimum atomic E-state index is -0.339. The van der Waals surface area contributed by atoms with E-state index in [0.29, 0.717) is 96.6 Å². The number of hydrogen-bond acceptors (Lipinski definition) is 14. The molecule has 2 aliphatic carbocycles. The van der Waals surface area contributed by atoms with Gasteiger partial charge in [-0.15, -0.1) is 0 Å². The minimum Gasteiger partial charge on any atom is -0.507 e. The number of nitrogens with zero attached hydrogens (tertiary/aromatic N) is 4. The Morgan fingerprint density at radius 2 is 0.291 bits per heavy atom. The second-order valence-corrected chi connectivity index (χ2v) is 48.5. The van der Waals surface area contributed by atoms with E-state index in [2.05, 4.69) is 305 Å². The van der Waals surface area contributed by atoms with E-state index < -0.39 is 0 Å². The summed E-state index contributed by atoms with van der Waals surface area (Å²) in [6.07, 6.45) is 9.42. The van der Waals surface area contributed by atoms with Crippen molar-refractivity contribution in [2.75, 3.05) is 52.6 Å². The summed E-state index contributed by atoms with van der Waals surface area (Å²) in [5.41, 5.74) is 22.4. The van der Waals surface area contributed by atoms with Crippen LogP contribution in [-0.2, 0) is 106 Å². The number of aliphatic imine (C=N–C) groups is 4. The maximum atomic E-state index is 13.3. The van der Waals surface area contributed by atoms with Gasteiger partial charge in [-0.1, -0.05) is 305 Å². The van der Waals surface area contributed by atoms with E-state index in [1.807, 2.05) is 24.3 Å². The summed E-state index contributed by atoms with van der Waals surface area (Å²) in [5, 5.41) is 78.1. The van der Waals surface area contributed by atoms with Gasteiger partial charge in [0.15, 0.2) is 0 Å². The average molecular weight is 1810 g/mol. The van der Waals surface area contributed by atoms with E-state index in [1.54, 1.807) is 24.9 Å². The normalized spacial score (nSPS) is 15.2. The first kappa shape index (κ1) is 100. The fraction of sp³-hybridized carbons (Fsp3) is 0.467. The van der Waals surface area contributed by atoms with Crippen LogP contribution in [0.1, 0.15) is 375 Å². The number of aromatic hydroxyl groups is 6. The number of rotatable bonds is 0. The predicted octanol–water partition coefficient (Wildman–Crippen LogP) is 26.6. The van der Waals surface area contributed by atoms with Gasteiger partial charge in [-0.3, -0.25) is 20.0 Å². The summed E-state index contributed by atoms with van der Waals surface area (Å²) in [6.45, 7) is 67.6. The van der Waals surface area contributed by atoms with E-state index in [9.17, 15) is 30.6 Å². The van der Waals surface area contributed by atoms with Gasteiger partial charge in [0.25, 0.3) is 0 Å². The number of benzene rings is 10. The van der Waals surface area contributed by atoms with Crippen molar-refractivity contribution < 1.29 is 49.6 Å². The van der Waals surface area contributed by atoms with Crippen molar-refractivity contribution >= 4 is 24.9 Å².